The van der Waals surface area contributed by atoms with Crippen molar-refractivity contribution in [2.75, 3.05) is 20.2 Å². The van der Waals surface area contributed by atoms with Crippen LogP contribution in [0.5, 0.6) is 0 Å². The highest BCUT2D eigenvalue weighted by Gasteiger charge is 2.33. The molecule has 0 spiro atoms. The van der Waals surface area contributed by atoms with Crippen molar-refractivity contribution >= 4 is 21.6 Å². The number of hydrogen-bond acceptors (Lipinski definition) is 4. The Morgan fingerprint density at radius 3 is 2.84 bits per heavy atom. The van der Waals surface area contributed by atoms with Gasteiger partial charge in [-0.25, -0.2) is 8.42 Å². The van der Waals surface area contributed by atoms with Gasteiger partial charge in [0.25, 0.3) is 0 Å². The number of sulfonamides is 1. The largest absolute Gasteiger partial charge is 0.380 e. The smallest absolute Gasteiger partial charge is 0.244 e. The number of nitriles is 1. The summed E-state index contributed by atoms with van der Waals surface area (Å²) < 4.78 is 31.4. The van der Waals surface area contributed by atoms with Crippen molar-refractivity contribution in [2.45, 2.75) is 17.4 Å². The molecule has 0 saturated carbocycles. The zero-order valence-electron chi connectivity index (χ0n) is 10.3. The first-order valence-corrected chi connectivity index (χ1v) is 7.53. The molecule has 1 aromatic carbocycles. The standard InChI is InChI=1S/C12H13ClN2O3S/c1-18-10-4-5-15(8-10)19(16,17)12-6-9(7-14)2-3-11(12)13/h2-3,6,10H,4-5,8H2,1H3. The van der Waals surface area contributed by atoms with Crippen molar-refractivity contribution in [1.29, 1.82) is 5.26 Å². The van der Waals surface area contributed by atoms with Crippen molar-refractivity contribution in [2.24, 2.45) is 0 Å². The third-order valence-electron chi connectivity index (χ3n) is 3.12. The molecule has 0 N–H and O–H groups in total. The maximum atomic E-state index is 12.5. The Kier molecular flexibility index (Phi) is 4.11. The maximum Gasteiger partial charge on any atom is 0.244 e. The normalized spacial score (nSPS) is 20.4. The molecule has 1 aromatic rings. The fourth-order valence-corrected chi connectivity index (χ4v) is 4.00. The van der Waals surface area contributed by atoms with Crippen molar-refractivity contribution in [3.63, 3.8) is 0 Å². The molecule has 1 heterocycles. The number of ether oxygens (including phenoxy) is 1. The Labute approximate surface area is 117 Å². The quantitative estimate of drug-likeness (QED) is 0.850. The van der Waals surface area contributed by atoms with Crippen LogP contribution in [0.25, 0.3) is 0 Å². The average molecular weight is 301 g/mol. The third-order valence-corrected chi connectivity index (χ3v) is 5.47. The van der Waals surface area contributed by atoms with Gasteiger partial charge in [0.1, 0.15) is 4.90 Å². The molecule has 0 amide bonds. The fourth-order valence-electron chi connectivity index (χ4n) is 2.02. The average Bonchev–Trinajstić information content (AvgIpc) is 2.88. The van der Waals surface area contributed by atoms with Gasteiger partial charge >= 0.3 is 0 Å². The summed E-state index contributed by atoms with van der Waals surface area (Å²) in [5, 5.41) is 8.97. The minimum absolute atomic E-state index is 0.0232. The Bertz CT molecular complexity index is 624. The van der Waals surface area contributed by atoms with Gasteiger partial charge in [0, 0.05) is 20.2 Å². The molecule has 5 nitrogen and oxygen atoms in total. The van der Waals surface area contributed by atoms with Crippen molar-refractivity contribution < 1.29 is 13.2 Å². The molecular formula is C12H13ClN2O3S. The second-order valence-electron chi connectivity index (χ2n) is 4.27. The summed E-state index contributed by atoms with van der Waals surface area (Å²) in [6, 6.07) is 6.13. The SMILES string of the molecule is COC1CCN(S(=O)(=O)c2cc(C#N)ccc2Cl)C1. The van der Waals surface area contributed by atoms with E-state index in [9.17, 15) is 8.42 Å². The van der Waals surface area contributed by atoms with E-state index in [-0.39, 0.29) is 21.6 Å². The monoisotopic (exact) mass is 300 g/mol. The first kappa shape index (κ1) is 14.3. The molecule has 102 valence electrons. The van der Waals surface area contributed by atoms with Crippen LogP contribution in [-0.4, -0.2) is 39.0 Å². The maximum absolute atomic E-state index is 12.5. The molecule has 0 bridgehead atoms. The Hall–Kier alpha value is -1.13. The van der Waals surface area contributed by atoms with Gasteiger partial charge in [0.2, 0.25) is 10.0 Å². The number of methoxy groups -OCH3 is 1. The van der Waals surface area contributed by atoms with Gasteiger partial charge in [-0.05, 0) is 24.6 Å². The molecule has 2 rings (SSSR count). The van der Waals surface area contributed by atoms with Gasteiger partial charge in [-0.1, -0.05) is 11.6 Å². The molecule has 19 heavy (non-hydrogen) atoms. The number of hydrogen-bond donors (Lipinski definition) is 0. The van der Waals surface area contributed by atoms with Crippen LogP contribution in [0.15, 0.2) is 23.1 Å². The van der Waals surface area contributed by atoms with Crippen LogP contribution in [0.4, 0.5) is 0 Å². The fraction of sp³-hybridized carbons (Fsp3) is 0.417. The van der Waals surface area contributed by atoms with E-state index in [0.29, 0.717) is 19.5 Å². The van der Waals surface area contributed by atoms with Gasteiger partial charge in [-0.15, -0.1) is 0 Å². The molecule has 1 saturated heterocycles. The summed E-state index contributed by atoms with van der Waals surface area (Å²) in [4.78, 5) is -0.0232. The van der Waals surface area contributed by atoms with Gasteiger partial charge in [-0.3, -0.25) is 0 Å². The van der Waals surface area contributed by atoms with Crippen LogP contribution >= 0.6 is 11.6 Å². The first-order valence-electron chi connectivity index (χ1n) is 5.71. The number of nitrogens with zero attached hydrogens (tertiary/aromatic N) is 2. The summed E-state index contributed by atoms with van der Waals surface area (Å²) in [5.74, 6) is 0. The van der Waals surface area contributed by atoms with E-state index >= 15 is 0 Å². The van der Waals surface area contributed by atoms with E-state index in [1.165, 1.54) is 22.5 Å². The van der Waals surface area contributed by atoms with Crippen LogP contribution in [0.2, 0.25) is 5.02 Å². The Balaban J connectivity index is 2.38. The van der Waals surface area contributed by atoms with E-state index in [4.69, 9.17) is 21.6 Å². The first-order chi connectivity index (χ1) is 8.98. The zero-order valence-corrected chi connectivity index (χ0v) is 11.9. The second-order valence-corrected chi connectivity index (χ2v) is 6.58. The molecular weight excluding hydrogens is 288 g/mol. The molecule has 1 unspecified atom stereocenters. The molecule has 0 aromatic heterocycles. The van der Waals surface area contributed by atoms with Crippen LogP contribution < -0.4 is 0 Å². The summed E-state index contributed by atoms with van der Waals surface area (Å²) in [7, 11) is -2.12. The Morgan fingerprint density at radius 2 is 2.26 bits per heavy atom. The topological polar surface area (TPSA) is 70.4 Å². The van der Waals surface area contributed by atoms with Crippen LogP contribution in [0.3, 0.4) is 0 Å². The Morgan fingerprint density at radius 1 is 1.53 bits per heavy atom. The van der Waals surface area contributed by atoms with E-state index in [1.807, 2.05) is 6.07 Å². The van der Waals surface area contributed by atoms with Crippen LogP contribution in [0.1, 0.15) is 12.0 Å². The predicted octanol–water partition coefficient (Wildman–Crippen LogP) is 1.62. The lowest BCUT2D eigenvalue weighted by Crippen LogP contribution is -2.30. The lowest BCUT2D eigenvalue weighted by atomic mass is 10.2. The molecule has 1 aliphatic heterocycles. The lowest BCUT2D eigenvalue weighted by molar-refractivity contribution is 0.115. The molecule has 0 radical (unpaired) electrons. The summed E-state index contributed by atoms with van der Waals surface area (Å²) in [6.07, 6.45) is 0.568. The van der Waals surface area contributed by atoms with Gasteiger partial charge in [0.15, 0.2) is 0 Å². The molecule has 7 heteroatoms. The van der Waals surface area contributed by atoms with Crippen LogP contribution in [-0.2, 0) is 14.8 Å². The molecule has 1 aliphatic rings. The van der Waals surface area contributed by atoms with Crippen LogP contribution in [0, 0.1) is 11.3 Å². The van der Waals surface area contributed by atoms with Crippen molar-refractivity contribution in [1.82, 2.24) is 4.31 Å². The molecule has 0 aliphatic carbocycles. The second kappa shape index (κ2) is 5.47. The van der Waals surface area contributed by atoms with Gasteiger partial charge < -0.3 is 4.74 Å². The van der Waals surface area contributed by atoms with Crippen molar-refractivity contribution in [3.8, 4) is 6.07 Å². The minimum atomic E-state index is -3.67. The minimum Gasteiger partial charge on any atom is -0.380 e. The summed E-state index contributed by atoms with van der Waals surface area (Å²) in [6.45, 7) is 0.708. The lowest BCUT2D eigenvalue weighted by Gasteiger charge is -2.17. The number of rotatable bonds is 3. The van der Waals surface area contributed by atoms with Gasteiger partial charge in [0.05, 0.1) is 22.8 Å². The van der Waals surface area contributed by atoms with E-state index in [0.717, 1.165) is 0 Å². The summed E-state index contributed by atoms with van der Waals surface area (Å²) in [5.41, 5.74) is 0.269. The van der Waals surface area contributed by atoms with E-state index in [1.54, 1.807) is 7.11 Å². The summed E-state index contributed by atoms with van der Waals surface area (Å²) >= 11 is 5.94. The highest BCUT2D eigenvalue weighted by molar-refractivity contribution is 7.89. The molecule has 1 fully saturated rings. The third kappa shape index (κ3) is 2.74. The highest BCUT2D eigenvalue weighted by atomic mass is 35.5. The van der Waals surface area contributed by atoms with E-state index < -0.39 is 10.0 Å². The van der Waals surface area contributed by atoms with Crippen molar-refractivity contribution in [3.05, 3.63) is 28.8 Å². The molecule has 1 atom stereocenters. The van der Waals surface area contributed by atoms with Gasteiger partial charge in [-0.2, -0.15) is 9.57 Å². The zero-order chi connectivity index (χ0) is 14.0. The number of halogens is 1. The number of benzene rings is 1. The highest BCUT2D eigenvalue weighted by Crippen LogP contribution is 2.28. The predicted molar refractivity (Wildman–Crippen MR) is 70.3 cm³/mol. The van der Waals surface area contributed by atoms with E-state index in [2.05, 4.69) is 0 Å².